The Morgan fingerprint density at radius 1 is 1.04 bits per heavy atom. The molecule has 1 N–H and O–H groups in total. The van der Waals surface area contributed by atoms with Gasteiger partial charge in [0.25, 0.3) is 5.91 Å². The van der Waals surface area contributed by atoms with E-state index < -0.39 is 29.7 Å². The summed E-state index contributed by atoms with van der Waals surface area (Å²) in [6.07, 6.45) is -4.20. The number of carbonyl (C=O) groups is 2. The van der Waals surface area contributed by atoms with Gasteiger partial charge < -0.3 is 24.4 Å². The second-order valence-corrected chi connectivity index (χ2v) is 11.4. The fraction of sp³-hybridized carbons (Fsp3) is 0.364. The van der Waals surface area contributed by atoms with Gasteiger partial charge in [-0.2, -0.15) is 18.3 Å². The van der Waals surface area contributed by atoms with Crippen molar-refractivity contribution in [1.82, 2.24) is 14.8 Å². The third-order valence-corrected chi connectivity index (χ3v) is 8.34. The van der Waals surface area contributed by atoms with Crippen LogP contribution in [-0.2, 0) is 15.7 Å². The predicted octanol–water partition coefficient (Wildman–Crippen LogP) is 5.92. The monoisotopic (exact) mass is 673 g/mol. The maximum absolute atomic E-state index is 14.2. The fourth-order valence-corrected chi connectivity index (χ4v) is 5.71. The van der Waals surface area contributed by atoms with Crippen molar-refractivity contribution in [3.05, 3.63) is 88.4 Å². The maximum atomic E-state index is 14.2. The van der Waals surface area contributed by atoms with Crippen LogP contribution in [0.1, 0.15) is 29.2 Å². The summed E-state index contributed by atoms with van der Waals surface area (Å²) >= 11 is 6.52. The fourth-order valence-electron chi connectivity index (χ4n) is 5.46. The first kappa shape index (κ1) is 34.0. The van der Waals surface area contributed by atoms with Gasteiger partial charge in [-0.25, -0.2) is 9.80 Å². The molecule has 1 saturated heterocycles. The zero-order valence-corrected chi connectivity index (χ0v) is 26.7. The summed E-state index contributed by atoms with van der Waals surface area (Å²) in [7, 11) is 3.07. The van der Waals surface area contributed by atoms with Crippen LogP contribution in [0.3, 0.4) is 0 Å². The van der Waals surface area contributed by atoms with Gasteiger partial charge in [-0.15, -0.1) is 0 Å². The molecule has 0 spiro atoms. The van der Waals surface area contributed by atoms with Crippen molar-refractivity contribution < 1.29 is 37.0 Å². The minimum atomic E-state index is -4.51. The first-order chi connectivity index (χ1) is 22.6. The SMILES string of the molecule is COc1ccc(OC)c([C@@H]2CC(c3ccccc3Cl)=NN2C(=O)CN(CCN2CCOCC2)C(=O)Nc2ccc(C(F)(F)F)cc2)c1. The lowest BCUT2D eigenvalue weighted by Gasteiger charge is -2.31. The highest BCUT2D eigenvalue weighted by Crippen LogP contribution is 2.40. The number of rotatable bonds is 10. The van der Waals surface area contributed by atoms with Crippen molar-refractivity contribution in [1.29, 1.82) is 0 Å². The number of hydrazone groups is 1. The molecule has 2 aliphatic heterocycles. The molecule has 14 heteroatoms. The average Bonchev–Trinajstić information content (AvgIpc) is 3.52. The van der Waals surface area contributed by atoms with E-state index in [1.165, 1.54) is 36.3 Å². The van der Waals surface area contributed by atoms with Crippen molar-refractivity contribution in [2.45, 2.75) is 18.6 Å². The van der Waals surface area contributed by atoms with E-state index in [4.69, 9.17) is 30.9 Å². The number of halogens is 4. The second-order valence-electron chi connectivity index (χ2n) is 11.0. The van der Waals surface area contributed by atoms with E-state index in [0.717, 1.165) is 12.1 Å². The van der Waals surface area contributed by atoms with Crippen molar-refractivity contribution in [2.24, 2.45) is 5.10 Å². The summed E-state index contributed by atoms with van der Waals surface area (Å²) < 4.78 is 55.8. The van der Waals surface area contributed by atoms with Crippen LogP contribution >= 0.6 is 11.6 Å². The van der Waals surface area contributed by atoms with Gasteiger partial charge in [0.15, 0.2) is 0 Å². The Morgan fingerprint density at radius 3 is 2.43 bits per heavy atom. The molecular formula is C33H35ClF3N5O5. The number of nitrogens with one attached hydrogen (secondary N) is 1. The lowest BCUT2D eigenvalue weighted by molar-refractivity contribution is -0.137. The standard InChI is InChI=1S/C33H35ClF3N5O5/c1-45-24-11-12-30(46-2)26(19-24)29-20-28(25-5-3-4-6-27(25)34)39-42(29)31(43)21-41(14-13-40-15-17-47-18-16-40)32(44)38-23-9-7-22(8-10-23)33(35,36)37/h3-12,19,29H,13-18,20-21H2,1-2H3,(H,38,44)/t29-/m0/s1. The molecule has 0 saturated carbocycles. The van der Waals surface area contributed by atoms with E-state index in [0.29, 0.717) is 72.6 Å². The number of benzene rings is 3. The largest absolute Gasteiger partial charge is 0.497 e. The van der Waals surface area contributed by atoms with Gasteiger partial charge in [0.05, 0.1) is 44.8 Å². The summed E-state index contributed by atoms with van der Waals surface area (Å²) in [4.78, 5) is 31.2. The van der Waals surface area contributed by atoms with Gasteiger partial charge in [-0.3, -0.25) is 9.69 Å². The van der Waals surface area contributed by atoms with Crippen LogP contribution in [0.25, 0.3) is 0 Å². The van der Waals surface area contributed by atoms with E-state index in [-0.39, 0.29) is 18.8 Å². The summed E-state index contributed by atoms with van der Waals surface area (Å²) in [5.74, 6) is 0.599. The molecular weight excluding hydrogens is 639 g/mol. The van der Waals surface area contributed by atoms with Crippen LogP contribution in [0.4, 0.5) is 23.7 Å². The van der Waals surface area contributed by atoms with E-state index >= 15 is 0 Å². The number of alkyl halides is 3. The Labute approximate surface area is 275 Å². The van der Waals surface area contributed by atoms with Crippen molar-refractivity contribution >= 4 is 34.9 Å². The van der Waals surface area contributed by atoms with E-state index in [1.807, 2.05) is 12.1 Å². The lowest BCUT2D eigenvalue weighted by atomic mass is 9.97. The van der Waals surface area contributed by atoms with Crippen LogP contribution in [0.15, 0.2) is 71.8 Å². The summed E-state index contributed by atoms with van der Waals surface area (Å²) in [5.41, 5.74) is 1.22. The van der Waals surface area contributed by atoms with E-state index in [9.17, 15) is 22.8 Å². The minimum absolute atomic E-state index is 0.158. The highest BCUT2D eigenvalue weighted by Gasteiger charge is 2.37. The number of carbonyl (C=O) groups excluding carboxylic acids is 2. The number of hydrogen-bond acceptors (Lipinski definition) is 7. The molecule has 2 aliphatic rings. The van der Waals surface area contributed by atoms with Crippen LogP contribution < -0.4 is 14.8 Å². The predicted molar refractivity (Wildman–Crippen MR) is 171 cm³/mol. The normalized spacial score (nSPS) is 16.9. The molecule has 3 aromatic carbocycles. The first-order valence-corrected chi connectivity index (χ1v) is 15.3. The van der Waals surface area contributed by atoms with E-state index in [1.54, 1.807) is 30.3 Å². The summed E-state index contributed by atoms with van der Waals surface area (Å²) in [5, 5.41) is 9.16. The maximum Gasteiger partial charge on any atom is 0.416 e. The molecule has 0 unspecified atom stereocenters. The number of urea groups is 1. The Hall–Kier alpha value is -4.33. The third-order valence-electron chi connectivity index (χ3n) is 8.01. The van der Waals surface area contributed by atoms with Gasteiger partial charge in [0, 0.05) is 54.4 Å². The number of amides is 3. The lowest BCUT2D eigenvalue weighted by Crippen LogP contribution is -2.47. The Bertz CT molecular complexity index is 1600. The Balaban J connectivity index is 1.43. The molecule has 47 heavy (non-hydrogen) atoms. The topological polar surface area (TPSA) is 95.9 Å². The molecule has 0 radical (unpaired) electrons. The van der Waals surface area contributed by atoms with E-state index in [2.05, 4.69) is 10.2 Å². The molecule has 2 heterocycles. The molecule has 3 amide bonds. The third kappa shape index (κ3) is 8.34. The molecule has 5 rings (SSSR count). The van der Waals surface area contributed by atoms with Gasteiger partial charge in [0.2, 0.25) is 0 Å². The van der Waals surface area contributed by atoms with Crippen LogP contribution in [0.5, 0.6) is 11.5 Å². The quantitative estimate of drug-likeness (QED) is 0.287. The molecule has 10 nitrogen and oxygen atoms in total. The zero-order chi connectivity index (χ0) is 33.6. The van der Waals surface area contributed by atoms with Crippen LogP contribution in [-0.4, -0.2) is 92.6 Å². The molecule has 1 atom stereocenters. The molecule has 0 bridgehead atoms. The van der Waals surface area contributed by atoms with Gasteiger partial charge in [-0.1, -0.05) is 29.8 Å². The first-order valence-electron chi connectivity index (χ1n) is 15.0. The van der Waals surface area contributed by atoms with Gasteiger partial charge in [0.1, 0.15) is 18.0 Å². The van der Waals surface area contributed by atoms with Crippen molar-refractivity contribution in [2.75, 3.05) is 65.5 Å². The molecule has 3 aromatic rings. The van der Waals surface area contributed by atoms with Crippen LogP contribution in [0, 0.1) is 0 Å². The minimum Gasteiger partial charge on any atom is -0.497 e. The number of hydrogen-bond donors (Lipinski definition) is 1. The molecule has 250 valence electrons. The zero-order valence-electron chi connectivity index (χ0n) is 25.9. The number of anilines is 1. The Morgan fingerprint density at radius 2 is 1.77 bits per heavy atom. The molecule has 0 aliphatic carbocycles. The molecule has 0 aromatic heterocycles. The number of ether oxygens (including phenoxy) is 3. The summed E-state index contributed by atoms with van der Waals surface area (Å²) in [6.45, 7) is 2.69. The van der Waals surface area contributed by atoms with Crippen LogP contribution in [0.2, 0.25) is 5.02 Å². The summed E-state index contributed by atoms with van der Waals surface area (Å²) in [6, 6.07) is 15.3. The van der Waals surface area contributed by atoms with Gasteiger partial charge in [-0.05, 0) is 48.5 Å². The number of nitrogens with zero attached hydrogens (tertiary/aromatic N) is 4. The highest BCUT2D eigenvalue weighted by atomic mass is 35.5. The van der Waals surface area contributed by atoms with Gasteiger partial charge >= 0.3 is 12.2 Å². The number of methoxy groups -OCH3 is 2. The molecule has 1 fully saturated rings. The average molecular weight is 674 g/mol. The second kappa shape index (κ2) is 15.1. The van der Waals surface area contributed by atoms with Crippen molar-refractivity contribution in [3.63, 3.8) is 0 Å². The highest BCUT2D eigenvalue weighted by molar-refractivity contribution is 6.34. The number of morpholine rings is 1. The smallest absolute Gasteiger partial charge is 0.416 e. The van der Waals surface area contributed by atoms with Crippen molar-refractivity contribution in [3.8, 4) is 11.5 Å². The Kier molecular flexibility index (Phi) is 10.9.